The van der Waals surface area contributed by atoms with Gasteiger partial charge in [-0.25, -0.2) is 9.67 Å². The van der Waals surface area contributed by atoms with Gasteiger partial charge >= 0.3 is 0 Å². The van der Waals surface area contributed by atoms with Crippen molar-refractivity contribution in [3.63, 3.8) is 0 Å². The minimum Gasteiger partial charge on any atom is -0.379 e. The molecule has 2 heterocycles. The molecule has 1 atom stereocenters. The van der Waals surface area contributed by atoms with Gasteiger partial charge in [0.15, 0.2) is 0 Å². The van der Waals surface area contributed by atoms with Gasteiger partial charge in [-0.2, -0.15) is 5.10 Å². The van der Waals surface area contributed by atoms with Gasteiger partial charge in [-0.3, -0.25) is 0 Å². The quantitative estimate of drug-likeness (QED) is 0.679. The molecular formula is C8H12ClN3O. The molecule has 1 aliphatic rings. The zero-order chi connectivity index (χ0) is 9.10. The van der Waals surface area contributed by atoms with Gasteiger partial charge in [0.1, 0.15) is 12.2 Å². The van der Waals surface area contributed by atoms with Crippen LogP contribution in [0.4, 0.5) is 0 Å². The van der Waals surface area contributed by atoms with E-state index in [9.17, 15) is 0 Å². The standard InChI is InChI=1S/C8H12ClN3O/c9-4-8-10-6-11-12(8)7-2-1-3-13-5-7/h6-7H,1-5H2. The molecule has 1 aliphatic heterocycles. The summed E-state index contributed by atoms with van der Waals surface area (Å²) in [5.74, 6) is 1.24. The van der Waals surface area contributed by atoms with Crippen LogP contribution in [0.25, 0.3) is 0 Å². The Labute approximate surface area is 81.9 Å². The first-order valence-corrected chi connectivity index (χ1v) is 4.97. The third kappa shape index (κ3) is 1.84. The summed E-state index contributed by atoms with van der Waals surface area (Å²) in [5, 5.41) is 4.15. The maximum Gasteiger partial charge on any atom is 0.142 e. The summed E-state index contributed by atoms with van der Waals surface area (Å²) in [4.78, 5) is 4.07. The van der Waals surface area contributed by atoms with E-state index in [4.69, 9.17) is 16.3 Å². The summed E-state index contributed by atoms with van der Waals surface area (Å²) in [5.41, 5.74) is 0. The highest BCUT2D eigenvalue weighted by molar-refractivity contribution is 6.16. The lowest BCUT2D eigenvalue weighted by atomic mass is 10.1. The molecule has 72 valence electrons. The Morgan fingerprint density at radius 2 is 2.62 bits per heavy atom. The molecule has 1 aromatic heterocycles. The molecule has 0 N–H and O–H groups in total. The minimum atomic E-state index is 0.324. The van der Waals surface area contributed by atoms with E-state index in [1.165, 1.54) is 0 Å². The average Bonchev–Trinajstić information content (AvgIpc) is 2.67. The summed E-state index contributed by atoms with van der Waals surface area (Å²) in [7, 11) is 0. The number of rotatable bonds is 2. The molecule has 5 heteroatoms. The van der Waals surface area contributed by atoms with Crippen molar-refractivity contribution in [3.05, 3.63) is 12.2 Å². The molecule has 1 fully saturated rings. The third-order valence-electron chi connectivity index (χ3n) is 2.25. The zero-order valence-electron chi connectivity index (χ0n) is 7.32. The molecule has 0 saturated carbocycles. The molecule has 0 radical (unpaired) electrons. The Morgan fingerprint density at radius 3 is 3.31 bits per heavy atom. The number of hydrogen-bond acceptors (Lipinski definition) is 3. The van der Waals surface area contributed by atoms with Crippen LogP contribution in [-0.4, -0.2) is 28.0 Å². The van der Waals surface area contributed by atoms with Crippen LogP contribution >= 0.6 is 11.6 Å². The van der Waals surface area contributed by atoms with E-state index in [0.29, 0.717) is 11.9 Å². The van der Waals surface area contributed by atoms with Crippen molar-refractivity contribution in [2.75, 3.05) is 13.2 Å². The van der Waals surface area contributed by atoms with Gasteiger partial charge in [0, 0.05) is 6.61 Å². The molecule has 0 aromatic carbocycles. The van der Waals surface area contributed by atoms with Gasteiger partial charge in [0.2, 0.25) is 0 Å². The van der Waals surface area contributed by atoms with E-state index in [2.05, 4.69) is 10.1 Å². The number of alkyl halides is 1. The second-order valence-electron chi connectivity index (χ2n) is 3.13. The fourth-order valence-electron chi connectivity index (χ4n) is 1.59. The second-order valence-corrected chi connectivity index (χ2v) is 3.39. The lowest BCUT2D eigenvalue weighted by Gasteiger charge is -2.22. The van der Waals surface area contributed by atoms with E-state index in [0.717, 1.165) is 31.9 Å². The Kier molecular flexibility index (Phi) is 2.80. The fraction of sp³-hybridized carbons (Fsp3) is 0.750. The highest BCUT2D eigenvalue weighted by Crippen LogP contribution is 2.19. The van der Waals surface area contributed by atoms with Crippen molar-refractivity contribution < 1.29 is 4.74 Å². The van der Waals surface area contributed by atoms with E-state index < -0.39 is 0 Å². The highest BCUT2D eigenvalue weighted by Gasteiger charge is 2.18. The summed E-state index contributed by atoms with van der Waals surface area (Å²) in [6.45, 7) is 1.59. The van der Waals surface area contributed by atoms with Crippen molar-refractivity contribution in [2.45, 2.75) is 24.8 Å². The first-order chi connectivity index (χ1) is 6.42. The Bertz CT molecular complexity index is 270. The maximum atomic E-state index is 5.73. The van der Waals surface area contributed by atoms with Crippen LogP contribution in [0.2, 0.25) is 0 Å². The van der Waals surface area contributed by atoms with Crippen LogP contribution in [0, 0.1) is 0 Å². The number of nitrogens with zero attached hydrogens (tertiary/aromatic N) is 3. The topological polar surface area (TPSA) is 39.9 Å². The SMILES string of the molecule is ClCc1ncnn1C1CCCOC1. The predicted octanol–water partition coefficient (Wildman–Crippen LogP) is 1.37. The molecule has 1 saturated heterocycles. The predicted molar refractivity (Wildman–Crippen MR) is 48.7 cm³/mol. The molecule has 0 spiro atoms. The van der Waals surface area contributed by atoms with Crippen LogP contribution in [-0.2, 0) is 10.6 Å². The van der Waals surface area contributed by atoms with Crippen molar-refractivity contribution in [1.82, 2.24) is 14.8 Å². The third-order valence-corrected chi connectivity index (χ3v) is 2.49. The molecule has 4 nitrogen and oxygen atoms in total. The van der Waals surface area contributed by atoms with Gasteiger partial charge in [-0.1, -0.05) is 0 Å². The first-order valence-electron chi connectivity index (χ1n) is 4.44. The summed E-state index contributed by atoms with van der Waals surface area (Å²) >= 11 is 5.73. The fourth-order valence-corrected chi connectivity index (χ4v) is 1.78. The van der Waals surface area contributed by atoms with Gasteiger partial charge in [-0.05, 0) is 12.8 Å². The van der Waals surface area contributed by atoms with Crippen molar-refractivity contribution >= 4 is 11.6 Å². The van der Waals surface area contributed by atoms with Crippen molar-refractivity contribution in [2.24, 2.45) is 0 Å². The van der Waals surface area contributed by atoms with Gasteiger partial charge < -0.3 is 4.74 Å². The van der Waals surface area contributed by atoms with Crippen molar-refractivity contribution in [1.29, 1.82) is 0 Å². The first kappa shape index (κ1) is 8.97. The van der Waals surface area contributed by atoms with Crippen LogP contribution in [0.15, 0.2) is 6.33 Å². The largest absolute Gasteiger partial charge is 0.379 e. The van der Waals surface area contributed by atoms with Gasteiger partial charge in [0.05, 0.1) is 18.5 Å². The maximum absolute atomic E-state index is 5.73. The number of halogens is 1. The molecule has 0 aliphatic carbocycles. The molecule has 0 amide bonds. The highest BCUT2D eigenvalue weighted by atomic mass is 35.5. The number of ether oxygens (including phenoxy) is 1. The normalized spacial score (nSPS) is 23.3. The Morgan fingerprint density at radius 1 is 1.69 bits per heavy atom. The van der Waals surface area contributed by atoms with Crippen molar-refractivity contribution in [3.8, 4) is 0 Å². The summed E-state index contributed by atoms with van der Waals surface area (Å²) < 4.78 is 7.25. The molecule has 1 unspecified atom stereocenters. The lowest BCUT2D eigenvalue weighted by Crippen LogP contribution is -2.23. The number of hydrogen-bond donors (Lipinski definition) is 0. The zero-order valence-corrected chi connectivity index (χ0v) is 8.07. The van der Waals surface area contributed by atoms with Crippen LogP contribution in [0.3, 0.4) is 0 Å². The Hall–Kier alpha value is -0.610. The molecule has 13 heavy (non-hydrogen) atoms. The smallest absolute Gasteiger partial charge is 0.142 e. The molecule has 2 rings (SSSR count). The van der Waals surface area contributed by atoms with Crippen LogP contribution < -0.4 is 0 Å². The van der Waals surface area contributed by atoms with E-state index in [-0.39, 0.29) is 0 Å². The molecule has 1 aromatic rings. The van der Waals surface area contributed by atoms with Gasteiger partial charge in [0.25, 0.3) is 0 Å². The van der Waals surface area contributed by atoms with E-state index in [1.54, 1.807) is 6.33 Å². The summed E-state index contributed by atoms with van der Waals surface area (Å²) in [6.07, 6.45) is 3.74. The monoisotopic (exact) mass is 201 g/mol. The second kappa shape index (κ2) is 4.07. The molecular weight excluding hydrogens is 190 g/mol. The van der Waals surface area contributed by atoms with Crippen LogP contribution in [0.1, 0.15) is 24.7 Å². The number of aromatic nitrogens is 3. The minimum absolute atomic E-state index is 0.324. The summed E-state index contributed by atoms with van der Waals surface area (Å²) in [6, 6.07) is 0.324. The average molecular weight is 202 g/mol. The van der Waals surface area contributed by atoms with Crippen LogP contribution in [0.5, 0.6) is 0 Å². The van der Waals surface area contributed by atoms with E-state index >= 15 is 0 Å². The van der Waals surface area contributed by atoms with Gasteiger partial charge in [-0.15, -0.1) is 11.6 Å². The van der Waals surface area contributed by atoms with E-state index in [1.807, 2.05) is 4.68 Å². The Balaban J connectivity index is 2.13. The lowest BCUT2D eigenvalue weighted by molar-refractivity contribution is 0.0539. The molecule has 0 bridgehead atoms.